The van der Waals surface area contributed by atoms with Gasteiger partial charge in [0.05, 0.1) is 11.6 Å². The molecule has 1 fully saturated rings. The van der Waals surface area contributed by atoms with Gasteiger partial charge in [0.25, 0.3) is 0 Å². The van der Waals surface area contributed by atoms with Crippen LogP contribution in [-0.4, -0.2) is 24.0 Å². The fourth-order valence-corrected chi connectivity index (χ4v) is 2.45. The van der Waals surface area contributed by atoms with Crippen LogP contribution in [0.2, 0.25) is 0 Å². The van der Waals surface area contributed by atoms with E-state index in [-0.39, 0.29) is 6.03 Å². The first-order valence-corrected chi connectivity index (χ1v) is 6.79. The third-order valence-corrected chi connectivity index (χ3v) is 3.63. The number of rotatable bonds is 2. The first-order valence-electron chi connectivity index (χ1n) is 6.79. The monoisotopic (exact) mass is 257 g/mol. The minimum absolute atomic E-state index is 0.0618. The van der Waals surface area contributed by atoms with Gasteiger partial charge in [0.1, 0.15) is 0 Å². The van der Waals surface area contributed by atoms with Crippen molar-refractivity contribution >= 4 is 11.7 Å². The van der Waals surface area contributed by atoms with E-state index in [1.54, 1.807) is 24.3 Å². The molecule has 1 aromatic carbocycles. The minimum Gasteiger partial charge on any atom is -0.324 e. The largest absolute Gasteiger partial charge is 0.324 e. The molecule has 19 heavy (non-hydrogen) atoms. The summed E-state index contributed by atoms with van der Waals surface area (Å²) in [6.45, 7) is 3.82. The van der Waals surface area contributed by atoms with E-state index in [0.717, 1.165) is 25.9 Å². The molecule has 1 atom stereocenters. The fourth-order valence-electron chi connectivity index (χ4n) is 2.45. The van der Waals surface area contributed by atoms with E-state index in [1.165, 1.54) is 6.42 Å². The first-order chi connectivity index (χ1) is 9.22. The number of nitrogens with zero attached hydrogens (tertiary/aromatic N) is 2. The third kappa shape index (κ3) is 3.47. The number of amides is 2. The average Bonchev–Trinajstić information content (AvgIpc) is 2.47. The molecule has 4 heteroatoms. The van der Waals surface area contributed by atoms with Crippen molar-refractivity contribution in [3.8, 4) is 6.07 Å². The molecule has 1 aliphatic heterocycles. The van der Waals surface area contributed by atoms with Crippen LogP contribution in [0.25, 0.3) is 0 Å². The molecule has 1 aromatic rings. The van der Waals surface area contributed by atoms with Crippen LogP contribution in [0.15, 0.2) is 24.3 Å². The number of hydrogen-bond acceptors (Lipinski definition) is 2. The molecule has 100 valence electrons. The summed E-state index contributed by atoms with van der Waals surface area (Å²) in [5, 5.41) is 11.7. The molecule has 1 N–H and O–H groups in total. The molecule has 0 aliphatic carbocycles. The van der Waals surface area contributed by atoms with Gasteiger partial charge in [-0.05, 0) is 37.0 Å². The molecule has 0 bridgehead atoms. The second-order valence-electron chi connectivity index (χ2n) is 4.99. The van der Waals surface area contributed by atoms with Crippen molar-refractivity contribution < 1.29 is 4.79 Å². The number of anilines is 1. The second-order valence-corrected chi connectivity index (χ2v) is 4.99. The Labute approximate surface area is 114 Å². The van der Waals surface area contributed by atoms with Gasteiger partial charge in [0.2, 0.25) is 0 Å². The summed E-state index contributed by atoms with van der Waals surface area (Å²) in [6.07, 6.45) is 3.40. The number of nitrogens with one attached hydrogen (secondary N) is 1. The predicted molar refractivity (Wildman–Crippen MR) is 74.8 cm³/mol. The highest BCUT2D eigenvalue weighted by Crippen LogP contribution is 2.20. The molecule has 1 heterocycles. The summed E-state index contributed by atoms with van der Waals surface area (Å²) in [7, 11) is 0. The van der Waals surface area contributed by atoms with Gasteiger partial charge in [0, 0.05) is 18.8 Å². The topological polar surface area (TPSA) is 56.1 Å². The zero-order valence-corrected chi connectivity index (χ0v) is 11.2. The maximum absolute atomic E-state index is 12.2. The van der Waals surface area contributed by atoms with Gasteiger partial charge >= 0.3 is 6.03 Å². The lowest BCUT2D eigenvalue weighted by molar-refractivity contribution is 0.176. The summed E-state index contributed by atoms with van der Waals surface area (Å²) in [4.78, 5) is 14.0. The Morgan fingerprint density at radius 1 is 1.58 bits per heavy atom. The van der Waals surface area contributed by atoms with Crippen LogP contribution in [0.4, 0.5) is 10.5 Å². The number of benzene rings is 1. The maximum Gasteiger partial charge on any atom is 0.321 e. The van der Waals surface area contributed by atoms with Crippen LogP contribution in [-0.2, 0) is 0 Å². The molecular weight excluding hydrogens is 238 g/mol. The summed E-state index contributed by atoms with van der Waals surface area (Å²) in [5.74, 6) is 0.616. The van der Waals surface area contributed by atoms with E-state index in [4.69, 9.17) is 5.26 Å². The van der Waals surface area contributed by atoms with Crippen LogP contribution in [0.3, 0.4) is 0 Å². The van der Waals surface area contributed by atoms with Crippen molar-refractivity contribution in [1.82, 2.24) is 4.90 Å². The number of piperidine rings is 1. The highest BCUT2D eigenvalue weighted by molar-refractivity contribution is 5.89. The molecule has 2 rings (SSSR count). The van der Waals surface area contributed by atoms with E-state index < -0.39 is 0 Å². The Hall–Kier alpha value is -2.02. The van der Waals surface area contributed by atoms with Crippen molar-refractivity contribution in [2.75, 3.05) is 18.4 Å². The van der Waals surface area contributed by atoms with Gasteiger partial charge in [-0.2, -0.15) is 5.26 Å². The Bertz CT molecular complexity index is 492. The normalized spacial score (nSPS) is 18.7. The molecule has 4 nitrogen and oxygen atoms in total. The van der Waals surface area contributed by atoms with Gasteiger partial charge in [-0.25, -0.2) is 4.79 Å². The number of carbonyl (C=O) groups is 1. The average molecular weight is 257 g/mol. The van der Waals surface area contributed by atoms with Crippen LogP contribution < -0.4 is 5.32 Å². The van der Waals surface area contributed by atoms with Gasteiger partial charge in [-0.15, -0.1) is 0 Å². The molecule has 0 aromatic heterocycles. The Kier molecular flexibility index (Phi) is 4.40. The summed E-state index contributed by atoms with van der Waals surface area (Å²) < 4.78 is 0. The Morgan fingerprint density at radius 3 is 3.16 bits per heavy atom. The van der Waals surface area contributed by atoms with Crippen molar-refractivity contribution in [2.24, 2.45) is 5.92 Å². The zero-order valence-electron chi connectivity index (χ0n) is 11.2. The zero-order chi connectivity index (χ0) is 13.7. The standard InChI is InChI=1S/C15H19N3O/c1-2-12-6-4-8-18(11-12)15(19)17-14-7-3-5-13(9-14)10-16/h3,5,7,9,12H,2,4,6,8,11H2,1H3,(H,17,19)/t12-/m1/s1. The first kappa shape index (κ1) is 13.4. The highest BCUT2D eigenvalue weighted by atomic mass is 16.2. The van der Waals surface area contributed by atoms with Crippen LogP contribution in [0.5, 0.6) is 0 Å². The number of urea groups is 1. The Balaban J connectivity index is 1.98. The van der Waals surface area contributed by atoms with E-state index in [1.807, 2.05) is 4.90 Å². The lowest BCUT2D eigenvalue weighted by Crippen LogP contribution is -2.42. The molecule has 0 radical (unpaired) electrons. The second kappa shape index (κ2) is 6.24. The molecule has 1 saturated heterocycles. The fraction of sp³-hybridized carbons (Fsp3) is 0.467. The smallest absolute Gasteiger partial charge is 0.321 e. The number of hydrogen-bond donors (Lipinski definition) is 1. The molecule has 2 amide bonds. The Morgan fingerprint density at radius 2 is 2.42 bits per heavy atom. The van der Waals surface area contributed by atoms with Crippen molar-refractivity contribution in [2.45, 2.75) is 26.2 Å². The molecule has 0 spiro atoms. The van der Waals surface area contributed by atoms with E-state index >= 15 is 0 Å². The van der Waals surface area contributed by atoms with Crippen LogP contribution in [0, 0.1) is 17.2 Å². The molecule has 1 aliphatic rings. The highest BCUT2D eigenvalue weighted by Gasteiger charge is 2.22. The van der Waals surface area contributed by atoms with E-state index in [2.05, 4.69) is 18.3 Å². The SMILES string of the molecule is CC[C@@H]1CCCN(C(=O)Nc2cccc(C#N)c2)C1. The van der Waals surface area contributed by atoms with E-state index in [0.29, 0.717) is 17.2 Å². The maximum atomic E-state index is 12.2. The predicted octanol–water partition coefficient (Wildman–Crippen LogP) is 3.21. The lowest BCUT2D eigenvalue weighted by atomic mass is 9.96. The van der Waals surface area contributed by atoms with Crippen LogP contribution in [0.1, 0.15) is 31.7 Å². The number of carbonyl (C=O) groups excluding carboxylic acids is 1. The molecule has 0 unspecified atom stereocenters. The van der Waals surface area contributed by atoms with Crippen molar-refractivity contribution in [3.63, 3.8) is 0 Å². The molecular formula is C15H19N3O. The van der Waals surface area contributed by atoms with Gasteiger partial charge in [-0.3, -0.25) is 0 Å². The summed E-state index contributed by atoms with van der Waals surface area (Å²) in [6, 6.07) is 9.01. The van der Waals surface area contributed by atoms with Crippen LogP contribution >= 0.6 is 0 Å². The number of nitriles is 1. The quantitative estimate of drug-likeness (QED) is 0.884. The summed E-state index contributed by atoms with van der Waals surface area (Å²) in [5.41, 5.74) is 1.24. The van der Waals surface area contributed by atoms with Crippen molar-refractivity contribution in [3.05, 3.63) is 29.8 Å². The van der Waals surface area contributed by atoms with Gasteiger partial charge < -0.3 is 10.2 Å². The number of likely N-dealkylation sites (tertiary alicyclic amines) is 1. The minimum atomic E-state index is -0.0618. The van der Waals surface area contributed by atoms with Gasteiger partial charge in [0.15, 0.2) is 0 Å². The van der Waals surface area contributed by atoms with Gasteiger partial charge in [-0.1, -0.05) is 19.4 Å². The van der Waals surface area contributed by atoms with E-state index in [9.17, 15) is 4.79 Å². The van der Waals surface area contributed by atoms with Crippen molar-refractivity contribution in [1.29, 1.82) is 5.26 Å². The lowest BCUT2D eigenvalue weighted by Gasteiger charge is -2.32. The third-order valence-electron chi connectivity index (χ3n) is 3.63. The summed E-state index contributed by atoms with van der Waals surface area (Å²) >= 11 is 0. The molecule has 0 saturated carbocycles.